The number of anilines is 2. The number of hydrogen-bond donors (Lipinski definition) is 3. The van der Waals surface area contributed by atoms with E-state index < -0.39 is 5.91 Å². The molecule has 1 aromatic carbocycles. The van der Waals surface area contributed by atoms with Crippen LogP contribution in [-0.4, -0.2) is 49.9 Å². The van der Waals surface area contributed by atoms with Gasteiger partial charge in [-0.05, 0) is 25.1 Å². The lowest BCUT2D eigenvalue weighted by molar-refractivity contribution is -0.121. The Hall–Kier alpha value is -4.41. The van der Waals surface area contributed by atoms with Crippen molar-refractivity contribution in [2.24, 2.45) is 0 Å². The third-order valence-electron chi connectivity index (χ3n) is 4.35. The van der Waals surface area contributed by atoms with Crippen LogP contribution in [0, 0.1) is 22.7 Å². The molecule has 0 aliphatic heterocycles. The number of nitrogens with one attached hydrogen (secondary N) is 3. The molecule has 2 rings (SSSR count). The average molecular weight is 509 g/mol. The van der Waals surface area contributed by atoms with Gasteiger partial charge in [-0.1, -0.05) is 28.9 Å². The fourth-order valence-electron chi connectivity index (χ4n) is 2.71. The van der Waals surface area contributed by atoms with Gasteiger partial charge in [-0.15, -0.1) is 0 Å². The van der Waals surface area contributed by atoms with E-state index in [0.717, 1.165) is 11.3 Å². The second-order valence-electron chi connectivity index (χ2n) is 6.85. The summed E-state index contributed by atoms with van der Waals surface area (Å²) in [7, 11) is 1.55. The van der Waals surface area contributed by atoms with Gasteiger partial charge in [0.15, 0.2) is 5.57 Å². The van der Waals surface area contributed by atoms with Gasteiger partial charge in [0.2, 0.25) is 5.91 Å². The van der Waals surface area contributed by atoms with Gasteiger partial charge in [0.05, 0.1) is 19.3 Å². The first-order valence-corrected chi connectivity index (χ1v) is 11.5. The molecule has 2 aromatic rings. The highest BCUT2D eigenvalue weighted by Crippen LogP contribution is 2.14. The molecule has 0 saturated heterocycles. The standard InChI is InChI=1S/C24H24N6O5S/c1-3-30-22(13-17(15-26)23(32)28-10-8-25)36-20(24(30)33)7-9-27-18-5-4-6-19(14-18)29-21(31)16-35-12-11-34-2/h4-6,9,14,27H,3,10-12,16H2,1-2H3,(H,28,32)(H,29,31). The first kappa shape index (κ1) is 27.8. The monoisotopic (exact) mass is 508 g/mol. The van der Waals surface area contributed by atoms with Crippen LogP contribution in [0.1, 0.15) is 6.92 Å². The van der Waals surface area contributed by atoms with E-state index in [0.29, 0.717) is 31.1 Å². The Balaban J connectivity index is 2.27. The highest BCUT2D eigenvalue weighted by atomic mass is 32.1. The van der Waals surface area contributed by atoms with Crippen LogP contribution in [0.4, 0.5) is 11.4 Å². The molecule has 0 aliphatic rings. The Kier molecular flexibility index (Phi) is 11.4. The predicted molar refractivity (Wildman–Crippen MR) is 134 cm³/mol. The van der Waals surface area contributed by atoms with Crippen molar-refractivity contribution < 1.29 is 19.1 Å². The minimum atomic E-state index is -0.751. The van der Waals surface area contributed by atoms with E-state index >= 15 is 0 Å². The quantitative estimate of drug-likeness (QED) is 0.166. The van der Waals surface area contributed by atoms with Gasteiger partial charge >= 0.3 is 0 Å². The van der Waals surface area contributed by atoms with Gasteiger partial charge in [0.25, 0.3) is 11.5 Å². The normalized spacial score (nSPS) is 9.67. The number of carbonyl (C=O) groups excluding carboxylic acids is 2. The van der Waals surface area contributed by atoms with Crippen LogP contribution in [0.2, 0.25) is 0 Å². The summed E-state index contributed by atoms with van der Waals surface area (Å²) in [6, 6.07) is 10.4. The van der Waals surface area contributed by atoms with Crippen molar-refractivity contribution in [1.29, 1.82) is 10.5 Å². The number of methoxy groups -OCH3 is 1. The van der Waals surface area contributed by atoms with Crippen molar-refractivity contribution in [3.63, 3.8) is 0 Å². The van der Waals surface area contributed by atoms with Gasteiger partial charge in [-0.3, -0.25) is 19.0 Å². The molecule has 2 amide bonds. The molecule has 0 aliphatic carbocycles. The zero-order valence-electron chi connectivity index (χ0n) is 19.7. The Labute approximate surface area is 210 Å². The molecule has 11 nitrogen and oxygen atoms in total. The summed E-state index contributed by atoms with van der Waals surface area (Å²) in [4.78, 5) is 36.6. The van der Waals surface area contributed by atoms with E-state index in [2.05, 4.69) is 27.4 Å². The fraction of sp³-hybridized carbons (Fsp3) is 0.292. The molecule has 12 heteroatoms. The van der Waals surface area contributed by atoms with Gasteiger partial charge in [0, 0.05) is 31.2 Å². The largest absolute Gasteiger partial charge is 0.382 e. The third kappa shape index (κ3) is 8.42. The Morgan fingerprint density at radius 3 is 2.69 bits per heavy atom. The molecular weight excluding hydrogens is 484 g/mol. The molecule has 0 saturated carbocycles. The molecule has 0 unspecified atom stereocenters. The van der Waals surface area contributed by atoms with Gasteiger partial charge < -0.3 is 25.4 Å². The molecule has 36 heavy (non-hydrogen) atoms. The average Bonchev–Trinajstić information content (AvgIpc) is 3.17. The molecule has 1 aromatic heterocycles. The van der Waals surface area contributed by atoms with E-state index in [1.54, 1.807) is 50.4 Å². The van der Waals surface area contributed by atoms with E-state index in [9.17, 15) is 19.6 Å². The van der Waals surface area contributed by atoms with Crippen LogP contribution in [0.3, 0.4) is 0 Å². The summed E-state index contributed by atoms with van der Waals surface area (Å²) in [6.45, 7) is 2.40. The van der Waals surface area contributed by atoms with E-state index in [4.69, 9.17) is 14.7 Å². The van der Waals surface area contributed by atoms with Crippen molar-refractivity contribution in [3.8, 4) is 12.1 Å². The van der Waals surface area contributed by atoms with Crippen molar-refractivity contribution >= 4 is 46.0 Å². The number of carbonyl (C=O) groups is 2. The summed E-state index contributed by atoms with van der Waals surface area (Å²) in [6.07, 6.45) is 1.44. The van der Waals surface area contributed by atoms with Crippen LogP contribution in [0.25, 0.3) is 11.5 Å². The Bertz CT molecular complexity index is 1430. The van der Waals surface area contributed by atoms with Crippen LogP contribution >= 0.6 is 11.3 Å². The molecule has 0 bridgehead atoms. The van der Waals surface area contributed by atoms with Crippen molar-refractivity contribution in [3.05, 3.63) is 55.6 Å². The molecular formula is C24H24N6O5S. The van der Waals surface area contributed by atoms with Gasteiger partial charge in [0.1, 0.15) is 28.4 Å². The number of rotatable bonds is 11. The molecule has 3 N–H and O–H groups in total. The lowest BCUT2D eigenvalue weighted by atomic mass is 10.2. The van der Waals surface area contributed by atoms with Crippen molar-refractivity contribution in [1.82, 2.24) is 9.88 Å². The summed E-state index contributed by atoms with van der Waals surface area (Å²) in [5, 5.41) is 25.8. The first-order valence-electron chi connectivity index (χ1n) is 10.7. The number of hydrogen-bond acceptors (Lipinski definition) is 9. The van der Waals surface area contributed by atoms with E-state index in [1.165, 1.54) is 10.8 Å². The van der Waals surface area contributed by atoms with Crippen LogP contribution < -0.4 is 30.7 Å². The zero-order valence-corrected chi connectivity index (χ0v) is 20.5. The molecule has 1 heterocycles. The predicted octanol–water partition coefficient (Wildman–Crippen LogP) is 0.00556. The lowest BCUT2D eigenvalue weighted by Crippen LogP contribution is -2.30. The number of amides is 2. The number of benzene rings is 1. The lowest BCUT2D eigenvalue weighted by Gasteiger charge is -2.07. The Morgan fingerprint density at radius 1 is 1.22 bits per heavy atom. The number of nitriles is 2. The number of thiazole rings is 1. The number of ether oxygens (including phenoxy) is 2. The van der Waals surface area contributed by atoms with Crippen LogP contribution in [0.15, 0.2) is 40.8 Å². The molecule has 0 radical (unpaired) electrons. The zero-order chi connectivity index (χ0) is 26.3. The maximum absolute atomic E-state index is 12.7. The van der Waals surface area contributed by atoms with Crippen LogP contribution in [0.5, 0.6) is 0 Å². The second-order valence-corrected chi connectivity index (χ2v) is 7.84. The molecule has 0 fully saturated rings. The first-order chi connectivity index (χ1) is 17.4. The van der Waals surface area contributed by atoms with Crippen molar-refractivity contribution in [2.45, 2.75) is 13.5 Å². The smallest absolute Gasteiger partial charge is 0.277 e. The molecule has 0 spiro atoms. The minimum Gasteiger partial charge on any atom is -0.382 e. The summed E-state index contributed by atoms with van der Waals surface area (Å²) < 4.78 is 11.9. The topological polar surface area (TPSA) is 158 Å². The third-order valence-corrected chi connectivity index (χ3v) is 5.36. The van der Waals surface area contributed by atoms with Crippen molar-refractivity contribution in [2.75, 3.05) is 44.1 Å². The van der Waals surface area contributed by atoms with Crippen LogP contribution in [-0.2, 0) is 25.6 Å². The Morgan fingerprint density at radius 2 is 2.00 bits per heavy atom. The summed E-state index contributed by atoms with van der Waals surface area (Å²) in [5.41, 5.74) is 6.02. The number of nitrogens with zero attached hydrogens (tertiary/aromatic N) is 3. The highest BCUT2D eigenvalue weighted by Gasteiger charge is 2.09. The van der Waals surface area contributed by atoms with E-state index in [1.807, 2.05) is 0 Å². The molecule has 0 atom stereocenters. The summed E-state index contributed by atoms with van der Waals surface area (Å²) in [5.74, 6) is -1.06. The highest BCUT2D eigenvalue weighted by molar-refractivity contribution is 7.07. The van der Waals surface area contributed by atoms with E-state index in [-0.39, 0.29) is 39.4 Å². The van der Waals surface area contributed by atoms with Gasteiger partial charge in [-0.2, -0.15) is 10.5 Å². The van der Waals surface area contributed by atoms with Gasteiger partial charge in [-0.25, -0.2) is 0 Å². The molecule has 186 valence electrons. The maximum atomic E-state index is 12.7. The minimum absolute atomic E-state index is 0.0991. The second kappa shape index (κ2) is 14.8. The number of aromatic nitrogens is 1. The summed E-state index contributed by atoms with van der Waals surface area (Å²) >= 11 is 1.01. The maximum Gasteiger partial charge on any atom is 0.277 e. The SMILES string of the molecule is CCn1c(=C=C(C#N)C(=O)NCC#N)sc(=C=CNc2cccc(NC(=O)COCCOC)c2)c1=O. The fourth-order valence-corrected chi connectivity index (χ4v) is 3.69.